The third kappa shape index (κ3) is 2.62. The van der Waals surface area contributed by atoms with Gasteiger partial charge in [-0.2, -0.15) is 0 Å². The predicted octanol–water partition coefficient (Wildman–Crippen LogP) is -1.02. The van der Waals surface area contributed by atoms with Crippen molar-refractivity contribution in [2.45, 2.75) is 25.6 Å². The number of nitrogens with two attached hydrogens (primary N) is 1. The highest BCUT2D eigenvalue weighted by Crippen LogP contribution is 2.10. The van der Waals surface area contributed by atoms with Crippen LogP contribution in [0.4, 0.5) is 0 Å². The number of amides is 1. The van der Waals surface area contributed by atoms with Crippen LogP contribution in [0.5, 0.6) is 0 Å². The van der Waals surface area contributed by atoms with Gasteiger partial charge in [-0.1, -0.05) is 0 Å². The van der Waals surface area contributed by atoms with E-state index >= 15 is 0 Å². The van der Waals surface area contributed by atoms with E-state index in [2.05, 4.69) is 10.2 Å². The first kappa shape index (κ1) is 12.0. The van der Waals surface area contributed by atoms with Crippen LogP contribution in [0.25, 0.3) is 0 Å². The number of carbonyl (C=O) groups is 1. The van der Waals surface area contributed by atoms with Crippen LogP contribution in [0.3, 0.4) is 0 Å². The summed E-state index contributed by atoms with van der Waals surface area (Å²) in [5.74, 6) is 0.764. The first-order valence-electron chi connectivity index (χ1n) is 5.62. The highest BCUT2D eigenvalue weighted by Gasteiger charge is 2.25. The lowest BCUT2D eigenvalue weighted by atomic mass is 10.2. The Morgan fingerprint density at radius 3 is 3.24 bits per heavy atom. The predicted molar refractivity (Wildman–Crippen MR) is 59.9 cm³/mol. The first-order chi connectivity index (χ1) is 8.22. The van der Waals surface area contributed by atoms with Gasteiger partial charge in [0.25, 0.3) is 0 Å². The van der Waals surface area contributed by atoms with Gasteiger partial charge in [0.05, 0.1) is 12.6 Å². The summed E-state index contributed by atoms with van der Waals surface area (Å²) in [6.45, 7) is 2.37. The summed E-state index contributed by atoms with van der Waals surface area (Å²) < 4.78 is 6.87. The standard InChI is InChI=1S/C10H17N5O2/c1-17-5-2-8(11)10(16)14-3-4-15-7-12-13-9(15)6-14/h7-8H,2-6,11H2,1H3. The fraction of sp³-hybridized carbons (Fsp3) is 0.700. The summed E-state index contributed by atoms with van der Waals surface area (Å²) in [6, 6.07) is -0.496. The molecule has 0 spiro atoms. The van der Waals surface area contributed by atoms with Gasteiger partial charge >= 0.3 is 0 Å². The van der Waals surface area contributed by atoms with Gasteiger partial charge in [-0.25, -0.2) is 0 Å². The zero-order valence-electron chi connectivity index (χ0n) is 9.87. The maximum Gasteiger partial charge on any atom is 0.240 e. The van der Waals surface area contributed by atoms with Crippen LogP contribution in [0, 0.1) is 0 Å². The summed E-state index contributed by atoms with van der Waals surface area (Å²) in [7, 11) is 1.60. The molecule has 1 aromatic heterocycles. The fourth-order valence-electron chi connectivity index (χ4n) is 1.86. The summed E-state index contributed by atoms with van der Waals surface area (Å²) >= 11 is 0. The number of methoxy groups -OCH3 is 1. The second-order valence-electron chi connectivity index (χ2n) is 4.09. The Bertz CT molecular complexity index is 392. The van der Waals surface area contributed by atoms with Gasteiger partial charge in [-0.3, -0.25) is 4.79 Å². The number of aromatic nitrogens is 3. The molecule has 94 valence electrons. The molecule has 0 saturated heterocycles. The van der Waals surface area contributed by atoms with E-state index in [1.807, 2.05) is 4.57 Å². The lowest BCUT2D eigenvalue weighted by molar-refractivity contribution is -0.134. The van der Waals surface area contributed by atoms with Crippen LogP contribution in [0.2, 0.25) is 0 Å². The molecule has 1 aliphatic rings. The molecule has 2 rings (SSSR count). The van der Waals surface area contributed by atoms with E-state index in [9.17, 15) is 4.79 Å². The van der Waals surface area contributed by atoms with Crippen molar-refractivity contribution in [3.05, 3.63) is 12.2 Å². The molecule has 1 aromatic rings. The Morgan fingerprint density at radius 2 is 2.47 bits per heavy atom. The topological polar surface area (TPSA) is 86.3 Å². The number of fused-ring (bicyclic) bond motifs is 1. The van der Waals surface area contributed by atoms with E-state index in [1.54, 1.807) is 18.3 Å². The van der Waals surface area contributed by atoms with Crippen LogP contribution in [0.15, 0.2) is 6.33 Å². The molecule has 1 unspecified atom stereocenters. The molecule has 0 aromatic carbocycles. The molecular formula is C10H17N5O2. The van der Waals surface area contributed by atoms with Gasteiger partial charge in [-0.05, 0) is 6.42 Å². The zero-order valence-corrected chi connectivity index (χ0v) is 9.87. The highest BCUT2D eigenvalue weighted by molar-refractivity contribution is 5.81. The SMILES string of the molecule is COCCC(N)C(=O)N1CCn2cnnc2C1. The lowest BCUT2D eigenvalue weighted by Gasteiger charge is -2.29. The van der Waals surface area contributed by atoms with Crippen LogP contribution < -0.4 is 5.73 Å². The molecule has 0 saturated carbocycles. The second-order valence-corrected chi connectivity index (χ2v) is 4.09. The molecule has 0 aliphatic carbocycles. The van der Waals surface area contributed by atoms with Crippen LogP contribution >= 0.6 is 0 Å². The average Bonchev–Trinajstić information content (AvgIpc) is 2.81. The molecule has 0 bridgehead atoms. The third-order valence-corrected chi connectivity index (χ3v) is 2.90. The molecule has 2 heterocycles. The van der Waals surface area contributed by atoms with Gasteiger partial charge in [0.15, 0.2) is 5.82 Å². The smallest absolute Gasteiger partial charge is 0.240 e. The van der Waals surface area contributed by atoms with Gasteiger partial charge < -0.3 is 19.9 Å². The number of carbonyl (C=O) groups excluding carboxylic acids is 1. The number of hydrogen-bond donors (Lipinski definition) is 1. The van der Waals surface area contributed by atoms with Crippen molar-refractivity contribution in [1.82, 2.24) is 19.7 Å². The van der Waals surface area contributed by atoms with Gasteiger partial charge in [-0.15, -0.1) is 10.2 Å². The van der Waals surface area contributed by atoms with Crippen molar-refractivity contribution in [2.75, 3.05) is 20.3 Å². The molecule has 1 aliphatic heterocycles. The van der Waals surface area contributed by atoms with E-state index in [0.29, 0.717) is 26.1 Å². The monoisotopic (exact) mass is 239 g/mol. The third-order valence-electron chi connectivity index (χ3n) is 2.90. The largest absolute Gasteiger partial charge is 0.385 e. The lowest BCUT2D eigenvalue weighted by Crippen LogP contribution is -2.47. The van der Waals surface area contributed by atoms with Gasteiger partial charge in [0.2, 0.25) is 5.91 Å². The molecule has 17 heavy (non-hydrogen) atoms. The quantitative estimate of drug-likeness (QED) is 0.727. The Labute approximate surface area is 99.5 Å². The van der Waals surface area contributed by atoms with E-state index < -0.39 is 6.04 Å². The minimum absolute atomic E-state index is 0.0451. The maximum atomic E-state index is 12.0. The second kappa shape index (κ2) is 5.24. The average molecular weight is 239 g/mol. The molecule has 1 atom stereocenters. The van der Waals surface area contributed by atoms with Crippen molar-refractivity contribution < 1.29 is 9.53 Å². The van der Waals surface area contributed by atoms with Crippen molar-refractivity contribution in [1.29, 1.82) is 0 Å². The molecule has 7 heteroatoms. The van der Waals surface area contributed by atoms with Gasteiger partial charge in [0, 0.05) is 26.8 Å². The Morgan fingerprint density at radius 1 is 1.65 bits per heavy atom. The summed E-state index contributed by atoms with van der Waals surface area (Å²) in [5.41, 5.74) is 5.82. The van der Waals surface area contributed by atoms with Crippen LogP contribution in [0.1, 0.15) is 12.2 Å². The van der Waals surface area contributed by atoms with Crippen molar-refractivity contribution >= 4 is 5.91 Å². The van der Waals surface area contributed by atoms with Gasteiger partial charge in [0.1, 0.15) is 6.33 Å². The number of hydrogen-bond acceptors (Lipinski definition) is 5. The molecule has 0 radical (unpaired) electrons. The minimum atomic E-state index is -0.496. The van der Waals surface area contributed by atoms with E-state index in [-0.39, 0.29) is 5.91 Å². The summed E-state index contributed by atoms with van der Waals surface area (Å²) in [6.07, 6.45) is 2.22. The highest BCUT2D eigenvalue weighted by atomic mass is 16.5. The first-order valence-corrected chi connectivity index (χ1v) is 5.62. The van der Waals surface area contributed by atoms with E-state index in [1.165, 1.54) is 0 Å². The molecular weight excluding hydrogens is 222 g/mol. The molecule has 1 amide bonds. The van der Waals surface area contributed by atoms with Crippen LogP contribution in [-0.4, -0.2) is 51.9 Å². The van der Waals surface area contributed by atoms with E-state index in [4.69, 9.17) is 10.5 Å². The van der Waals surface area contributed by atoms with E-state index in [0.717, 1.165) is 12.4 Å². The zero-order chi connectivity index (χ0) is 12.3. The number of rotatable bonds is 4. The van der Waals surface area contributed by atoms with Crippen LogP contribution in [-0.2, 0) is 22.6 Å². The van der Waals surface area contributed by atoms with Crippen molar-refractivity contribution in [3.63, 3.8) is 0 Å². The molecule has 7 nitrogen and oxygen atoms in total. The Balaban J connectivity index is 1.93. The Kier molecular flexibility index (Phi) is 3.70. The van der Waals surface area contributed by atoms with Crippen molar-refractivity contribution in [3.8, 4) is 0 Å². The minimum Gasteiger partial charge on any atom is -0.385 e. The fourth-order valence-corrected chi connectivity index (χ4v) is 1.86. The summed E-state index contributed by atoms with van der Waals surface area (Å²) in [5, 5.41) is 7.78. The number of ether oxygens (including phenoxy) is 1. The summed E-state index contributed by atoms with van der Waals surface area (Å²) in [4.78, 5) is 13.8. The Hall–Kier alpha value is -1.47. The molecule has 2 N–H and O–H groups in total. The number of nitrogens with zero attached hydrogens (tertiary/aromatic N) is 4. The molecule has 0 fully saturated rings. The normalized spacial score (nSPS) is 16.7. The van der Waals surface area contributed by atoms with Crippen molar-refractivity contribution in [2.24, 2.45) is 5.73 Å². The maximum absolute atomic E-state index is 12.0.